The predicted molar refractivity (Wildman–Crippen MR) is 72.3 cm³/mol. The molecule has 8 heteroatoms. The van der Waals surface area contributed by atoms with Crippen LogP contribution in [-0.2, 0) is 21.3 Å². The van der Waals surface area contributed by atoms with Crippen molar-refractivity contribution in [2.24, 2.45) is 5.73 Å². The van der Waals surface area contributed by atoms with Gasteiger partial charge in [-0.1, -0.05) is 0 Å². The van der Waals surface area contributed by atoms with E-state index >= 15 is 0 Å². The van der Waals surface area contributed by atoms with Gasteiger partial charge >= 0.3 is 0 Å². The molecule has 0 saturated carbocycles. The summed E-state index contributed by atoms with van der Waals surface area (Å²) in [5, 5.41) is 9.13. The summed E-state index contributed by atoms with van der Waals surface area (Å²) in [6.07, 6.45) is 0.824. The minimum Gasteiger partial charge on any atom is -0.394 e. The highest BCUT2D eigenvalue weighted by Crippen LogP contribution is 2.22. The van der Waals surface area contributed by atoms with E-state index in [0.717, 1.165) is 0 Å². The number of ether oxygens (including phenoxy) is 1. The summed E-state index contributed by atoms with van der Waals surface area (Å²) in [7, 11) is -3.64. The first-order valence-corrected chi connectivity index (χ1v) is 7.82. The molecule has 0 bridgehead atoms. The van der Waals surface area contributed by atoms with Gasteiger partial charge in [0.05, 0.1) is 25.0 Å². The zero-order valence-electron chi connectivity index (χ0n) is 11.3. The number of aliphatic hydroxyl groups is 1. The molecule has 2 heterocycles. The summed E-state index contributed by atoms with van der Waals surface area (Å²) < 4.78 is 31.8. The number of hydrogen-bond donors (Lipinski definition) is 2. The number of sulfonamides is 1. The molecule has 1 aromatic rings. The monoisotopic (exact) mass is 301 g/mol. The van der Waals surface area contributed by atoms with Crippen LogP contribution < -0.4 is 5.73 Å². The van der Waals surface area contributed by atoms with Crippen LogP contribution in [0.2, 0.25) is 0 Å². The zero-order chi connectivity index (χ0) is 14.8. The minimum atomic E-state index is -3.64. The fraction of sp³-hybridized carbons (Fsp3) is 0.583. The third-order valence-electron chi connectivity index (χ3n) is 3.27. The second kappa shape index (κ2) is 6.15. The Hall–Kier alpha value is -1.06. The Bertz CT molecular complexity index is 546. The number of morpholine rings is 1. The molecule has 1 saturated heterocycles. The van der Waals surface area contributed by atoms with Crippen LogP contribution in [0, 0.1) is 0 Å². The van der Waals surface area contributed by atoms with Crippen LogP contribution in [0.15, 0.2) is 23.2 Å². The SMILES string of the molecule is CC1COC(CO)CN1S(=O)(=O)c1ccc(CN)nc1. The van der Waals surface area contributed by atoms with Gasteiger partial charge in [0.15, 0.2) is 0 Å². The number of nitrogens with two attached hydrogens (primary N) is 1. The molecule has 1 aliphatic rings. The first-order valence-electron chi connectivity index (χ1n) is 6.38. The van der Waals surface area contributed by atoms with Gasteiger partial charge in [0, 0.05) is 25.3 Å². The minimum absolute atomic E-state index is 0.125. The van der Waals surface area contributed by atoms with E-state index in [-0.39, 0.29) is 37.2 Å². The lowest BCUT2D eigenvalue weighted by Crippen LogP contribution is -2.51. The predicted octanol–water partition coefficient (Wildman–Crippen LogP) is -0.689. The van der Waals surface area contributed by atoms with Crippen LogP contribution in [0.25, 0.3) is 0 Å². The quantitative estimate of drug-likeness (QED) is 0.762. The van der Waals surface area contributed by atoms with Crippen molar-refractivity contribution >= 4 is 10.0 Å². The van der Waals surface area contributed by atoms with Gasteiger partial charge in [-0.15, -0.1) is 0 Å². The van der Waals surface area contributed by atoms with Gasteiger partial charge in [-0.3, -0.25) is 4.98 Å². The molecule has 1 fully saturated rings. The number of aliphatic hydroxyl groups excluding tert-OH is 1. The van der Waals surface area contributed by atoms with E-state index in [2.05, 4.69) is 4.98 Å². The van der Waals surface area contributed by atoms with Crippen LogP contribution in [0.3, 0.4) is 0 Å². The fourth-order valence-corrected chi connectivity index (χ4v) is 3.65. The van der Waals surface area contributed by atoms with Crippen LogP contribution in [0.1, 0.15) is 12.6 Å². The molecule has 7 nitrogen and oxygen atoms in total. The van der Waals surface area contributed by atoms with E-state index in [1.807, 2.05) is 0 Å². The third kappa shape index (κ3) is 2.99. The standard InChI is InChI=1S/C12H19N3O4S/c1-9-8-19-11(7-16)6-15(9)20(17,18)12-3-2-10(4-13)14-5-12/h2-3,5,9,11,16H,4,6-8,13H2,1H3. The summed E-state index contributed by atoms with van der Waals surface area (Å²) in [5.74, 6) is 0. The first-order chi connectivity index (χ1) is 9.48. The maximum Gasteiger partial charge on any atom is 0.245 e. The van der Waals surface area contributed by atoms with Crippen molar-refractivity contribution in [1.82, 2.24) is 9.29 Å². The second-order valence-corrected chi connectivity index (χ2v) is 6.64. The van der Waals surface area contributed by atoms with Crippen molar-refractivity contribution < 1.29 is 18.3 Å². The molecule has 2 unspecified atom stereocenters. The Kier molecular flexibility index (Phi) is 4.71. The molecule has 0 aliphatic carbocycles. The summed E-state index contributed by atoms with van der Waals surface area (Å²) in [6.45, 7) is 2.23. The highest BCUT2D eigenvalue weighted by atomic mass is 32.2. The molecule has 0 amide bonds. The van der Waals surface area contributed by atoms with E-state index in [4.69, 9.17) is 15.6 Å². The Morgan fingerprint density at radius 1 is 1.55 bits per heavy atom. The third-order valence-corrected chi connectivity index (χ3v) is 5.23. The smallest absolute Gasteiger partial charge is 0.245 e. The van der Waals surface area contributed by atoms with E-state index in [1.165, 1.54) is 16.6 Å². The Labute approximate surface area is 118 Å². The number of pyridine rings is 1. The van der Waals surface area contributed by atoms with Crippen LogP contribution in [0.5, 0.6) is 0 Å². The number of nitrogens with zero attached hydrogens (tertiary/aromatic N) is 2. The van der Waals surface area contributed by atoms with Gasteiger partial charge in [0.25, 0.3) is 0 Å². The van der Waals surface area contributed by atoms with E-state index < -0.39 is 16.1 Å². The van der Waals surface area contributed by atoms with E-state index in [1.54, 1.807) is 13.0 Å². The molecule has 0 radical (unpaired) electrons. The molecule has 2 rings (SSSR count). The molecular formula is C12H19N3O4S. The zero-order valence-corrected chi connectivity index (χ0v) is 12.1. The Morgan fingerprint density at radius 2 is 2.30 bits per heavy atom. The molecule has 112 valence electrons. The fourth-order valence-electron chi connectivity index (χ4n) is 2.06. The lowest BCUT2D eigenvalue weighted by molar-refractivity contribution is -0.0516. The van der Waals surface area contributed by atoms with Crippen molar-refractivity contribution in [3.8, 4) is 0 Å². The molecule has 3 N–H and O–H groups in total. The van der Waals surface area contributed by atoms with Crippen molar-refractivity contribution in [2.75, 3.05) is 19.8 Å². The molecule has 0 spiro atoms. The molecule has 2 atom stereocenters. The molecule has 1 aliphatic heterocycles. The average molecular weight is 301 g/mol. The highest BCUT2D eigenvalue weighted by Gasteiger charge is 2.35. The van der Waals surface area contributed by atoms with Gasteiger partial charge in [-0.05, 0) is 19.1 Å². The van der Waals surface area contributed by atoms with Crippen molar-refractivity contribution in [2.45, 2.75) is 30.5 Å². The topological polar surface area (TPSA) is 106 Å². The lowest BCUT2D eigenvalue weighted by Gasteiger charge is -2.36. The first kappa shape index (κ1) is 15.3. The normalized spacial score (nSPS) is 24.8. The maximum absolute atomic E-state index is 12.6. The number of rotatable bonds is 4. The van der Waals surface area contributed by atoms with Crippen LogP contribution >= 0.6 is 0 Å². The summed E-state index contributed by atoms with van der Waals surface area (Å²) >= 11 is 0. The Morgan fingerprint density at radius 3 is 2.85 bits per heavy atom. The van der Waals surface area contributed by atoms with Gasteiger partial charge in [-0.25, -0.2) is 8.42 Å². The van der Waals surface area contributed by atoms with Crippen molar-refractivity contribution in [3.63, 3.8) is 0 Å². The second-order valence-electron chi connectivity index (χ2n) is 4.75. The maximum atomic E-state index is 12.6. The van der Waals surface area contributed by atoms with Crippen molar-refractivity contribution in [3.05, 3.63) is 24.0 Å². The molecular weight excluding hydrogens is 282 g/mol. The van der Waals surface area contributed by atoms with Gasteiger partial charge in [0.2, 0.25) is 10.0 Å². The summed E-state index contributed by atoms with van der Waals surface area (Å²) in [4.78, 5) is 4.14. The summed E-state index contributed by atoms with van der Waals surface area (Å²) in [5.41, 5.74) is 6.08. The van der Waals surface area contributed by atoms with Gasteiger partial charge in [0.1, 0.15) is 4.90 Å². The van der Waals surface area contributed by atoms with Gasteiger partial charge in [-0.2, -0.15) is 4.31 Å². The van der Waals surface area contributed by atoms with Crippen molar-refractivity contribution in [1.29, 1.82) is 0 Å². The van der Waals surface area contributed by atoms with E-state index in [9.17, 15) is 8.42 Å². The largest absolute Gasteiger partial charge is 0.394 e. The van der Waals surface area contributed by atoms with E-state index in [0.29, 0.717) is 5.69 Å². The number of hydrogen-bond acceptors (Lipinski definition) is 6. The lowest BCUT2D eigenvalue weighted by atomic mass is 10.2. The molecule has 0 aromatic carbocycles. The summed E-state index contributed by atoms with van der Waals surface area (Å²) in [6, 6.07) is 2.82. The highest BCUT2D eigenvalue weighted by molar-refractivity contribution is 7.89. The molecule has 1 aromatic heterocycles. The Balaban J connectivity index is 2.27. The molecule has 20 heavy (non-hydrogen) atoms. The number of aromatic nitrogens is 1. The van der Waals surface area contributed by atoms with Crippen LogP contribution in [0.4, 0.5) is 0 Å². The van der Waals surface area contributed by atoms with Crippen LogP contribution in [-0.4, -0.2) is 54.7 Å². The average Bonchev–Trinajstić information content (AvgIpc) is 2.47. The van der Waals surface area contributed by atoms with Gasteiger partial charge < -0.3 is 15.6 Å².